The molecule has 0 bridgehead atoms. The minimum atomic E-state index is -0.230. The minimum absolute atomic E-state index is 0.0460. The van der Waals surface area contributed by atoms with Crippen LogP contribution in [0.15, 0.2) is 65.5 Å². The number of allylic oxidation sites excluding steroid dienone is 4. The van der Waals surface area contributed by atoms with Crippen LogP contribution in [0.4, 0.5) is 0 Å². The highest BCUT2D eigenvalue weighted by Crippen LogP contribution is 2.63. The molecule has 2 fully saturated rings. The van der Waals surface area contributed by atoms with Crippen LogP contribution in [0.1, 0.15) is 68.9 Å². The summed E-state index contributed by atoms with van der Waals surface area (Å²) in [6.45, 7) is 7.04. The zero-order valence-electron chi connectivity index (χ0n) is 21.3. The van der Waals surface area contributed by atoms with E-state index in [1.807, 2.05) is 12.2 Å². The van der Waals surface area contributed by atoms with Gasteiger partial charge >= 0.3 is 0 Å². The normalized spacial score (nSPS) is 31.4. The van der Waals surface area contributed by atoms with Crippen molar-refractivity contribution in [3.8, 4) is 0 Å². The Morgan fingerprint density at radius 3 is 2.67 bits per heavy atom. The summed E-state index contributed by atoms with van der Waals surface area (Å²) in [4.78, 5) is 22.6. The van der Waals surface area contributed by atoms with Gasteiger partial charge in [-0.15, -0.1) is 0 Å². The molecule has 0 amide bonds. The third kappa shape index (κ3) is 4.61. The van der Waals surface area contributed by atoms with E-state index in [2.05, 4.69) is 54.5 Å². The standard InChI is InChI=1S/C31H38N2O3/c1-20(33-16-17-34)32-15-3-4-21-5-7-22(8-6-21)27-19-31(2)28(13-14-29(31)36)26-11-9-23-18-24(35)10-12-25(23)30(26)27/h3-8,17-18,26-29,32-33,36H,1,9-16,19H2,2H3/b4-3+. The molecule has 5 heteroatoms. The molecule has 5 rings (SSSR count). The first-order chi connectivity index (χ1) is 17.4. The first kappa shape index (κ1) is 24.8. The molecule has 1 aromatic carbocycles. The lowest BCUT2D eigenvalue weighted by Crippen LogP contribution is -2.45. The maximum atomic E-state index is 12.2. The van der Waals surface area contributed by atoms with Gasteiger partial charge in [-0.2, -0.15) is 0 Å². The van der Waals surface area contributed by atoms with Gasteiger partial charge in [0.1, 0.15) is 6.29 Å². The Kier molecular flexibility index (Phi) is 7.03. The Balaban J connectivity index is 1.39. The summed E-state index contributed by atoms with van der Waals surface area (Å²) >= 11 is 0. The van der Waals surface area contributed by atoms with E-state index in [4.69, 9.17) is 0 Å². The van der Waals surface area contributed by atoms with Crippen molar-refractivity contribution in [3.63, 3.8) is 0 Å². The fourth-order valence-electron chi connectivity index (χ4n) is 7.38. The topological polar surface area (TPSA) is 78.4 Å². The number of carbonyl (C=O) groups is 2. The van der Waals surface area contributed by atoms with Crippen LogP contribution < -0.4 is 10.6 Å². The summed E-state index contributed by atoms with van der Waals surface area (Å²) in [6, 6.07) is 8.86. The van der Waals surface area contributed by atoms with E-state index < -0.39 is 0 Å². The Labute approximate surface area is 214 Å². The smallest absolute Gasteiger partial charge is 0.156 e. The van der Waals surface area contributed by atoms with E-state index in [1.165, 1.54) is 16.7 Å². The molecule has 0 saturated heterocycles. The summed E-state index contributed by atoms with van der Waals surface area (Å²) in [7, 11) is 0. The highest BCUT2D eigenvalue weighted by Gasteiger charge is 2.56. The molecule has 0 heterocycles. The van der Waals surface area contributed by atoms with Crippen molar-refractivity contribution in [2.75, 3.05) is 13.1 Å². The average Bonchev–Trinajstić information content (AvgIpc) is 3.18. The quantitative estimate of drug-likeness (QED) is 0.460. The van der Waals surface area contributed by atoms with Gasteiger partial charge in [0.2, 0.25) is 0 Å². The fourth-order valence-corrected chi connectivity index (χ4v) is 7.38. The van der Waals surface area contributed by atoms with Crippen molar-refractivity contribution in [2.24, 2.45) is 17.3 Å². The predicted octanol–water partition coefficient (Wildman–Crippen LogP) is 4.81. The van der Waals surface area contributed by atoms with E-state index in [-0.39, 0.29) is 23.8 Å². The van der Waals surface area contributed by atoms with Crippen molar-refractivity contribution in [1.29, 1.82) is 0 Å². The second kappa shape index (κ2) is 10.2. The number of benzene rings is 1. The molecule has 0 spiro atoms. The third-order valence-corrected chi connectivity index (χ3v) is 9.16. The highest BCUT2D eigenvalue weighted by atomic mass is 16.3. The fraction of sp³-hybridized carbons (Fsp3) is 0.484. The van der Waals surface area contributed by atoms with Gasteiger partial charge in [0.25, 0.3) is 0 Å². The predicted molar refractivity (Wildman–Crippen MR) is 143 cm³/mol. The highest BCUT2D eigenvalue weighted by molar-refractivity contribution is 5.93. The van der Waals surface area contributed by atoms with E-state index in [9.17, 15) is 14.7 Å². The van der Waals surface area contributed by atoms with Crippen LogP contribution >= 0.6 is 0 Å². The van der Waals surface area contributed by atoms with Gasteiger partial charge in [-0.3, -0.25) is 4.79 Å². The number of aldehydes is 1. The molecular weight excluding hydrogens is 448 g/mol. The molecule has 4 aliphatic rings. The van der Waals surface area contributed by atoms with Gasteiger partial charge in [0.05, 0.1) is 18.5 Å². The Morgan fingerprint density at radius 2 is 1.89 bits per heavy atom. The maximum absolute atomic E-state index is 12.2. The molecule has 4 aliphatic carbocycles. The van der Waals surface area contributed by atoms with Gasteiger partial charge < -0.3 is 20.5 Å². The molecule has 0 aromatic heterocycles. The van der Waals surface area contributed by atoms with Crippen molar-refractivity contribution in [2.45, 2.75) is 63.9 Å². The molecule has 5 nitrogen and oxygen atoms in total. The van der Waals surface area contributed by atoms with Crippen molar-refractivity contribution < 1.29 is 14.7 Å². The Morgan fingerprint density at radius 1 is 1.11 bits per heavy atom. The van der Waals surface area contributed by atoms with Gasteiger partial charge in [0.15, 0.2) is 5.78 Å². The molecule has 0 radical (unpaired) electrons. The lowest BCUT2D eigenvalue weighted by molar-refractivity contribution is -0.114. The molecule has 3 N–H and O–H groups in total. The van der Waals surface area contributed by atoms with Gasteiger partial charge in [-0.25, -0.2) is 0 Å². The van der Waals surface area contributed by atoms with E-state index in [0.717, 1.165) is 50.4 Å². The van der Waals surface area contributed by atoms with Crippen LogP contribution in [0, 0.1) is 17.3 Å². The number of nitrogens with one attached hydrogen (secondary N) is 2. The maximum Gasteiger partial charge on any atom is 0.156 e. The molecule has 0 aliphatic heterocycles. The van der Waals surface area contributed by atoms with E-state index in [0.29, 0.717) is 36.5 Å². The minimum Gasteiger partial charge on any atom is -0.393 e. The molecule has 190 valence electrons. The van der Waals surface area contributed by atoms with Gasteiger partial charge in [-0.05, 0) is 84.1 Å². The number of hydrogen-bond acceptors (Lipinski definition) is 5. The largest absolute Gasteiger partial charge is 0.393 e. The second-order valence-corrected chi connectivity index (χ2v) is 11.2. The van der Waals surface area contributed by atoms with E-state index in [1.54, 1.807) is 5.57 Å². The number of rotatable bonds is 8. The van der Waals surface area contributed by atoms with Crippen molar-refractivity contribution in [1.82, 2.24) is 10.6 Å². The van der Waals surface area contributed by atoms with Crippen molar-refractivity contribution >= 4 is 18.1 Å². The monoisotopic (exact) mass is 486 g/mol. The van der Waals surface area contributed by atoms with E-state index >= 15 is 0 Å². The average molecular weight is 487 g/mol. The second-order valence-electron chi connectivity index (χ2n) is 11.2. The molecule has 2 saturated carbocycles. The van der Waals surface area contributed by atoms with Gasteiger partial charge in [0, 0.05) is 18.9 Å². The number of aliphatic hydroxyl groups is 1. The van der Waals surface area contributed by atoms with Gasteiger partial charge in [-0.1, -0.05) is 55.5 Å². The zero-order chi connectivity index (χ0) is 25.3. The lowest BCUT2D eigenvalue weighted by atomic mass is 9.53. The van der Waals surface area contributed by atoms with Crippen LogP contribution in [0.3, 0.4) is 0 Å². The molecule has 1 aromatic rings. The first-order valence-corrected chi connectivity index (χ1v) is 13.4. The molecule has 5 unspecified atom stereocenters. The summed E-state index contributed by atoms with van der Waals surface area (Å²) in [5.41, 5.74) is 6.72. The molecule has 36 heavy (non-hydrogen) atoms. The summed E-state index contributed by atoms with van der Waals surface area (Å²) in [5, 5.41) is 17.1. The SMILES string of the molecule is C=C(NCC=O)NC/C=C/c1ccc(C2CC3(C)C(O)CCC3C3CCC4=CC(=O)CCC4=C23)cc1. The Bertz CT molecular complexity index is 1130. The van der Waals surface area contributed by atoms with Crippen LogP contribution in [-0.4, -0.2) is 36.4 Å². The third-order valence-electron chi connectivity index (χ3n) is 9.16. The number of carbonyl (C=O) groups excluding carboxylic acids is 2. The van der Waals surface area contributed by atoms with Crippen LogP contribution in [0.2, 0.25) is 0 Å². The Hall–Kier alpha value is -2.92. The molecule has 5 atom stereocenters. The lowest BCUT2D eigenvalue weighted by Gasteiger charge is -2.52. The summed E-state index contributed by atoms with van der Waals surface area (Å²) in [6.07, 6.45) is 13.2. The molecular formula is C31H38N2O3. The number of fused-ring (bicyclic) bond motifs is 4. The van der Waals surface area contributed by atoms with Crippen LogP contribution in [-0.2, 0) is 9.59 Å². The van der Waals surface area contributed by atoms with Crippen LogP contribution in [0.5, 0.6) is 0 Å². The first-order valence-electron chi connectivity index (χ1n) is 13.4. The number of hydrogen-bond donors (Lipinski definition) is 3. The summed E-state index contributed by atoms with van der Waals surface area (Å²) < 4.78 is 0. The summed E-state index contributed by atoms with van der Waals surface area (Å²) in [5.74, 6) is 2.25. The van der Waals surface area contributed by atoms with Crippen LogP contribution in [0.25, 0.3) is 6.08 Å². The van der Waals surface area contributed by atoms with Crippen molar-refractivity contribution in [3.05, 3.63) is 76.7 Å². The number of aliphatic hydroxyl groups excluding tert-OH is 1. The zero-order valence-corrected chi connectivity index (χ0v) is 21.3. The number of ketones is 1.